The van der Waals surface area contributed by atoms with Crippen LogP contribution in [0.2, 0.25) is 0 Å². The van der Waals surface area contributed by atoms with Gasteiger partial charge in [0, 0.05) is 13.1 Å². The zero-order chi connectivity index (χ0) is 36.4. The quantitative estimate of drug-likeness (QED) is 0.103. The molecule has 0 bridgehead atoms. The minimum Gasteiger partial charge on any atom is -0.503 e. The summed E-state index contributed by atoms with van der Waals surface area (Å²) in [5, 5.41) is 36.5. The van der Waals surface area contributed by atoms with Gasteiger partial charge in [-0.25, -0.2) is 9.59 Å². The maximum atomic E-state index is 11.3. The van der Waals surface area contributed by atoms with Crippen molar-refractivity contribution in [2.24, 2.45) is 0 Å². The van der Waals surface area contributed by atoms with Crippen LogP contribution < -0.4 is 9.47 Å². The van der Waals surface area contributed by atoms with E-state index in [2.05, 4.69) is 23.9 Å². The molecule has 4 N–H and O–H groups in total. The fourth-order valence-corrected chi connectivity index (χ4v) is 8.92. The zero-order valence-corrected chi connectivity index (χ0v) is 29.4. The number of carboxylic acid groups (broad SMARTS) is 2. The monoisotopic (exact) mass is 756 g/mol. The van der Waals surface area contributed by atoms with E-state index in [0.29, 0.717) is 11.5 Å². The first-order valence-electron chi connectivity index (χ1n) is 13.0. The molecular weight excluding hydrogens is 723 g/mol. The van der Waals surface area contributed by atoms with Crippen LogP contribution in [0.5, 0.6) is 23.0 Å². The van der Waals surface area contributed by atoms with Gasteiger partial charge in [0.2, 0.25) is 0 Å². The Morgan fingerprint density at radius 3 is 1.66 bits per heavy atom. The highest BCUT2D eigenvalue weighted by Gasteiger charge is 2.39. The Labute approximate surface area is 281 Å². The number of ether oxygens (including phenoxy) is 2. The van der Waals surface area contributed by atoms with Crippen molar-refractivity contribution in [3.63, 3.8) is 0 Å². The van der Waals surface area contributed by atoms with E-state index < -0.39 is 24.3 Å². The fraction of sp³-hybridized carbons (Fsp3) is 0.481. The normalized spacial score (nSPS) is 11.6. The van der Waals surface area contributed by atoms with Crippen LogP contribution in [0.1, 0.15) is 11.1 Å². The Morgan fingerprint density at radius 1 is 0.787 bits per heavy atom. The molecule has 0 fully saturated rings. The molecule has 3 rings (SSSR count). The van der Waals surface area contributed by atoms with Gasteiger partial charge in [-0.3, -0.25) is 0 Å². The standard InChI is InChI=1S/C23H32N2O4S4.2C2HF3O2/c1-24(2)10-8-13-12-15(28-5)16(26)23-19(13)31-22-17(27)18(29-6)20(30-7)14(9-11-25(3)4)21(22)32-33-23;2*3-2(4,5)1(6)7/h12,26-27H,8-11H2,1-7H3;2*(H,6,7). The van der Waals surface area contributed by atoms with Gasteiger partial charge in [-0.15, -0.1) is 23.1 Å². The highest BCUT2D eigenvalue weighted by atomic mass is 32.9. The highest BCUT2D eigenvalue weighted by Crippen LogP contribution is 2.51. The molecule has 3 aromatic rings. The van der Waals surface area contributed by atoms with E-state index in [9.17, 15) is 36.6 Å². The van der Waals surface area contributed by atoms with Crippen LogP contribution in [0.3, 0.4) is 0 Å². The Balaban J connectivity index is 0.000000658. The first kappa shape index (κ1) is 42.1. The number of hydrogen-bond donors (Lipinski definition) is 4. The van der Waals surface area contributed by atoms with Crippen molar-refractivity contribution >= 4 is 74.5 Å². The summed E-state index contributed by atoms with van der Waals surface area (Å²) in [6.45, 7) is 1.74. The molecule has 1 aromatic heterocycles. The molecule has 0 aliphatic rings. The van der Waals surface area contributed by atoms with Crippen LogP contribution in [0.4, 0.5) is 26.3 Å². The van der Waals surface area contributed by atoms with Crippen molar-refractivity contribution in [1.29, 1.82) is 0 Å². The van der Waals surface area contributed by atoms with E-state index in [0.717, 1.165) is 55.2 Å². The lowest BCUT2D eigenvalue weighted by atomic mass is 10.1. The summed E-state index contributed by atoms with van der Waals surface area (Å²) in [6.07, 6.45) is -6.53. The number of phenolic OH excluding ortho intramolecular Hbond substituents is 2. The zero-order valence-electron chi connectivity index (χ0n) is 26.1. The second kappa shape index (κ2) is 18.0. The number of thioether (sulfide) groups is 1. The molecule has 2 aromatic carbocycles. The minimum atomic E-state index is -5.08. The molecule has 0 radical (unpaired) electrons. The summed E-state index contributed by atoms with van der Waals surface area (Å²) in [4.78, 5) is 23.0. The van der Waals surface area contributed by atoms with Crippen LogP contribution in [0.15, 0.2) is 11.0 Å². The SMILES string of the molecule is COc1cc(CCN(C)C)c2sc3c(O)c(OC)c(SC)c(CCN(C)C)c3ssc2c1O.O=C(O)C(F)(F)F.O=C(O)C(F)(F)F. The van der Waals surface area contributed by atoms with Gasteiger partial charge in [-0.2, -0.15) is 26.3 Å². The number of aromatic hydroxyl groups is 2. The summed E-state index contributed by atoms with van der Waals surface area (Å²) in [5.41, 5.74) is 2.25. The summed E-state index contributed by atoms with van der Waals surface area (Å²) < 4.78 is 78.2. The fourth-order valence-electron chi connectivity index (χ4n) is 3.56. The van der Waals surface area contributed by atoms with Crippen molar-refractivity contribution in [3.05, 3.63) is 17.2 Å². The Hall–Kier alpha value is -2.91. The van der Waals surface area contributed by atoms with E-state index in [-0.39, 0.29) is 11.5 Å². The number of fused-ring (bicyclic) bond motifs is 2. The molecule has 0 spiro atoms. The summed E-state index contributed by atoms with van der Waals surface area (Å²) >= 11 is 3.10. The number of phenols is 2. The molecule has 20 heteroatoms. The number of carboxylic acids is 2. The number of aliphatic carboxylic acids is 2. The van der Waals surface area contributed by atoms with Gasteiger partial charge in [0.05, 0.1) is 33.2 Å². The lowest BCUT2D eigenvalue weighted by molar-refractivity contribution is -0.193. The molecule has 0 saturated heterocycles. The molecule has 1 heterocycles. The summed E-state index contributed by atoms with van der Waals surface area (Å²) in [7, 11) is 14.5. The smallest absolute Gasteiger partial charge is 0.490 e. The van der Waals surface area contributed by atoms with Gasteiger partial charge >= 0.3 is 24.3 Å². The highest BCUT2D eigenvalue weighted by molar-refractivity contribution is 7.98. The third-order valence-corrected chi connectivity index (χ3v) is 10.7. The predicted octanol–water partition coefficient (Wildman–Crippen LogP) is 6.93. The van der Waals surface area contributed by atoms with Gasteiger partial charge in [0.15, 0.2) is 23.0 Å². The first-order valence-corrected chi connectivity index (χ1v) is 17.2. The van der Waals surface area contributed by atoms with Crippen molar-refractivity contribution < 1.29 is 65.8 Å². The predicted molar refractivity (Wildman–Crippen MR) is 173 cm³/mol. The van der Waals surface area contributed by atoms with Gasteiger partial charge < -0.3 is 39.7 Å². The van der Waals surface area contributed by atoms with Crippen LogP contribution in [-0.2, 0) is 22.4 Å². The van der Waals surface area contributed by atoms with E-state index in [1.807, 2.05) is 26.4 Å². The molecule has 47 heavy (non-hydrogen) atoms. The Bertz CT molecular complexity index is 1560. The van der Waals surface area contributed by atoms with Crippen molar-refractivity contribution in [1.82, 2.24) is 9.80 Å². The number of hydrogen-bond acceptors (Lipinski definition) is 12. The van der Waals surface area contributed by atoms with E-state index in [1.165, 1.54) is 27.2 Å². The van der Waals surface area contributed by atoms with Crippen molar-refractivity contribution in [3.8, 4) is 23.0 Å². The number of methoxy groups -OCH3 is 2. The number of likely N-dealkylation sites (N-methyl/N-ethyl adjacent to an activating group) is 2. The lowest BCUT2D eigenvalue weighted by Crippen LogP contribution is -2.21. The van der Waals surface area contributed by atoms with E-state index >= 15 is 0 Å². The van der Waals surface area contributed by atoms with Gasteiger partial charge in [0.25, 0.3) is 0 Å². The number of nitrogens with zero attached hydrogens (tertiary/aromatic N) is 2. The third kappa shape index (κ3) is 11.9. The van der Waals surface area contributed by atoms with Crippen LogP contribution in [0, 0.1) is 0 Å². The summed E-state index contributed by atoms with van der Waals surface area (Å²) in [5.74, 6) is -4.22. The third-order valence-electron chi connectivity index (χ3n) is 5.81. The molecule has 0 saturated carbocycles. The maximum absolute atomic E-state index is 11.3. The second-order valence-corrected chi connectivity index (χ2v) is 13.8. The molecule has 0 atom stereocenters. The number of benzene rings is 2. The maximum Gasteiger partial charge on any atom is 0.490 e. The lowest BCUT2D eigenvalue weighted by Gasteiger charge is -2.17. The van der Waals surface area contributed by atoms with Crippen LogP contribution in [-0.4, -0.2) is 116 Å². The minimum absolute atomic E-state index is 0.144. The second-order valence-electron chi connectivity index (χ2n) is 9.78. The van der Waals surface area contributed by atoms with Crippen molar-refractivity contribution in [2.45, 2.75) is 30.1 Å². The molecule has 0 aliphatic heterocycles. The molecule has 10 nitrogen and oxygen atoms in total. The average Bonchev–Trinajstić information content (AvgIpc) is 3.17. The van der Waals surface area contributed by atoms with Gasteiger partial charge in [-0.1, -0.05) is 20.7 Å². The van der Waals surface area contributed by atoms with Crippen molar-refractivity contribution in [2.75, 3.05) is 61.8 Å². The van der Waals surface area contributed by atoms with Gasteiger partial charge in [0.1, 0.15) is 4.70 Å². The van der Waals surface area contributed by atoms with Crippen LogP contribution >= 0.6 is 43.8 Å². The number of halogens is 6. The number of carbonyl (C=O) groups is 2. The topological polar surface area (TPSA) is 140 Å². The van der Waals surface area contributed by atoms with Crippen LogP contribution in [0.25, 0.3) is 18.8 Å². The van der Waals surface area contributed by atoms with Gasteiger partial charge in [-0.05, 0) is 64.5 Å². The largest absolute Gasteiger partial charge is 0.503 e. The molecule has 0 aliphatic carbocycles. The number of rotatable bonds is 9. The summed E-state index contributed by atoms with van der Waals surface area (Å²) in [6, 6.07) is 1.92. The van der Waals surface area contributed by atoms with E-state index in [1.54, 1.807) is 36.3 Å². The Morgan fingerprint density at radius 2 is 1.26 bits per heavy atom. The Kier molecular flexibility index (Phi) is 16.1. The molecule has 0 unspecified atom stereocenters. The first-order chi connectivity index (χ1) is 21.6. The molecule has 0 amide bonds. The average molecular weight is 757 g/mol. The van der Waals surface area contributed by atoms with E-state index in [4.69, 9.17) is 29.3 Å². The molecular formula is C27H34F6N2O8S4. The number of alkyl halides is 6. The molecule has 266 valence electrons.